The minimum Gasteiger partial charge on any atom is -0.444 e. The first-order valence-corrected chi connectivity index (χ1v) is 9.76. The average molecular weight is 372 g/mol. The summed E-state index contributed by atoms with van der Waals surface area (Å²) in [6.45, 7) is 7.26. The Hall–Kier alpha value is -2.08. The fourth-order valence-electron chi connectivity index (χ4n) is 4.48. The molecule has 0 aromatic heterocycles. The summed E-state index contributed by atoms with van der Waals surface area (Å²) in [5, 5.41) is 0. The van der Waals surface area contributed by atoms with Crippen molar-refractivity contribution in [3.05, 3.63) is 35.9 Å². The molecule has 3 heterocycles. The fourth-order valence-corrected chi connectivity index (χ4v) is 4.48. The molecule has 4 rings (SSSR count). The first kappa shape index (κ1) is 18.3. The van der Waals surface area contributed by atoms with Crippen molar-refractivity contribution in [1.29, 1.82) is 0 Å². The van der Waals surface area contributed by atoms with Crippen molar-refractivity contribution in [1.82, 2.24) is 9.80 Å². The summed E-state index contributed by atoms with van der Waals surface area (Å²) in [5.41, 5.74) is 0.211. The lowest BCUT2D eigenvalue weighted by Gasteiger charge is -2.38. The van der Waals surface area contributed by atoms with E-state index in [1.165, 1.54) is 0 Å². The molecule has 0 unspecified atom stereocenters. The molecule has 27 heavy (non-hydrogen) atoms. The number of hydrogen-bond donors (Lipinski definition) is 0. The van der Waals surface area contributed by atoms with E-state index in [2.05, 4.69) is 12.1 Å². The van der Waals surface area contributed by atoms with E-state index in [9.17, 15) is 9.59 Å². The van der Waals surface area contributed by atoms with E-state index < -0.39 is 11.0 Å². The second-order valence-corrected chi connectivity index (χ2v) is 8.88. The molecular formula is C21H28N2O4. The molecule has 6 nitrogen and oxygen atoms in total. The Morgan fingerprint density at radius 3 is 2.48 bits per heavy atom. The van der Waals surface area contributed by atoms with Gasteiger partial charge in [0.25, 0.3) is 0 Å². The summed E-state index contributed by atoms with van der Waals surface area (Å²) in [5.74, 6) is 0.183. The van der Waals surface area contributed by atoms with Crippen LogP contribution in [0.3, 0.4) is 0 Å². The topological polar surface area (TPSA) is 59.1 Å². The van der Waals surface area contributed by atoms with Gasteiger partial charge in [0.1, 0.15) is 11.8 Å². The van der Waals surface area contributed by atoms with E-state index in [-0.39, 0.29) is 24.3 Å². The predicted octanol–water partition coefficient (Wildman–Crippen LogP) is 3.33. The molecule has 3 fully saturated rings. The smallest absolute Gasteiger partial charge is 0.410 e. The van der Waals surface area contributed by atoms with Gasteiger partial charge in [-0.25, -0.2) is 4.79 Å². The van der Waals surface area contributed by atoms with E-state index in [0.717, 1.165) is 12.0 Å². The highest BCUT2D eigenvalue weighted by Gasteiger charge is 2.57. The number of hydrogen-bond acceptors (Lipinski definition) is 4. The standard InChI is InChI=1S/C21H28N2O4/c1-20(2,3)27-19(25)22-11-9-21(10-12-22)13-17-23(18(21)24)16(14-26-17)15-7-5-4-6-8-15/h4-8,16-17H,9-14H2,1-3H3/t16-,17-/m0/s1. The first-order chi connectivity index (χ1) is 12.8. The lowest BCUT2D eigenvalue weighted by atomic mass is 9.76. The number of carbonyl (C=O) groups is 2. The van der Waals surface area contributed by atoms with Crippen LogP contribution in [0.4, 0.5) is 4.79 Å². The van der Waals surface area contributed by atoms with Gasteiger partial charge in [-0.3, -0.25) is 4.79 Å². The first-order valence-electron chi connectivity index (χ1n) is 9.76. The summed E-state index contributed by atoms with van der Waals surface area (Å²) in [6, 6.07) is 10.1. The number of benzene rings is 1. The molecule has 2 atom stereocenters. The van der Waals surface area contributed by atoms with Gasteiger partial charge in [0, 0.05) is 19.5 Å². The van der Waals surface area contributed by atoms with Crippen molar-refractivity contribution in [2.45, 2.75) is 57.9 Å². The van der Waals surface area contributed by atoms with Gasteiger partial charge in [0.2, 0.25) is 5.91 Å². The summed E-state index contributed by atoms with van der Waals surface area (Å²) in [4.78, 5) is 29.3. The molecule has 0 radical (unpaired) electrons. The average Bonchev–Trinajstić information content (AvgIpc) is 3.14. The van der Waals surface area contributed by atoms with E-state index in [1.54, 1.807) is 4.90 Å². The van der Waals surface area contributed by atoms with Crippen LogP contribution in [0, 0.1) is 5.41 Å². The maximum Gasteiger partial charge on any atom is 0.410 e. The van der Waals surface area contributed by atoms with Gasteiger partial charge < -0.3 is 19.3 Å². The second-order valence-electron chi connectivity index (χ2n) is 8.88. The number of ether oxygens (including phenoxy) is 2. The van der Waals surface area contributed by atoms with Crippen molar-refractivity contribution >= 4 is 12.0 Å². The zero-order valence-corrected chi connectivity index (χ0v) is 16.3. The van der Waals surface area contributed by atoms with Gasteiger partial charge in [-0.05, 0) is 39.2 Å². The summed E-state index contributed by atoms with van der Waals surface area (Å²) in [6.07, 6.45) is 1.63. The van der Waals surface area contributed by atoms with E-state index in [0.29, 0.717) is 32.5 Å². The summed E-state index contributed by atoms with van der Waals surface area (Å²) in [7, 11) is 0. The second kappa shape index (κ2) is 6.51. The molecule has 146 valence electrons. The molecule has 3 aliphatic heterocycles. The van der Waals surface area contributed by atoms with E-state index in [1.807, 2.05) is 43.9 Å². The number of carbonyl (C=O) groups excluding carboxylic acids is 2. The molecule has 0 N–H and O–H groups in total. The molecule has 3 saturated heterocycles. The van der Waals surface area contributed by atoms with Crippen LogP contribution >= 0.6 is 0 Å². The lowest BCUT2D eigenvalue weighted by Crippen LogP contribution is -2.48. The summed E-state index contributed by atoms with van der Waals surface area (Å²) >= 11 is 0. The third-order valence-electron chi connectivity index (χ3n) is 5.90. The maximum absolute atomic E-state index is 13.4. The quantitative estimate of drug-likeness (QED) is 0.759. The monoisotopic (exact) mass is 372 g/mol. The van der Waals surface area contributed by atoms with Crippen molar-refractivity contribution in [3.8, 4) is 0 Å². The molecule has 2 amide bonds. The Bertz CT molecular complexity index is 719. The predicted molar refractivity (Wildman–Crippen MR) is 99.9 cm³/mol. The molecule has 1 aromatic rings. The highest BCUT2D eigenvalue weighted by Crippen LogP contribution is 2.50. The van der Waals surface area contributed by atoms with Crippen molar-refractivity contribution in [2.24, 2.45) is 5.41 Å². The molecule has 0 bridgehead atoms. The Kier molecular flexibility index (Phi) is 4.41. The molecule has 0 aliphatic carbocycles. The molecule has 6 heteroatoms. The number of rotatable bonds is 1. The van der Waals surface area contributed by atoms with E-state index >= 15 is 0 Å². The zero-order chi connectivity index (χ0) is 19.2. The molecule has 3 aliphatic rings. The molecular weight excluding hydrogens is 344 g/mol. The van der Waals surface area contributed by atoms with Gasteiger partial charge in [-0.15, -0.1) is 0 Å². The minimum absolute atomic E-state index is 0.00744. The highest BCUT2D eigenvalue weighted by atomic mass is 16.6. The van der Waals surface area contributed by atoms with E-state index in [4.69, 9.17) is 9.47 Å². The van der Waals surface area contributed by atoms with Crippen LogP contribution in [0.1, 0.15) is 51.6 Å². The van der Waals surface area contributed by atoms with Crippen molar-refractivity contribution in [2.75, 3.05) is 19.7 Å². The molecule has 1 spiro atoms. The fraction of sp³-hybridized carbons (Fsp3) is 0.619. The van der Waals surface area contributed by atoms with Gasteiger partial charge in [-0.2, -0.15) is 0 Å². The zero-order valence-electron chi connectivity index (χ0n) is 16.3. The molecule has 1 aromatic carbocycles. The highest BCUT2D eigenvalue weighted by molar-refractivity contribution is 5.86. The van der Waals surface area contributed by atoms with Crippen LogP contribution in [0.2, 0.25) is 0 Å². The van der Waals surface area contributed by atoms with Gasteiger partial charge in [0.05, 0.1) is 18.1 Å². The van der Waals surface area contributed by atoms with Crippen molar-refractivity contribution < 1.29 is 19.1 Å². The largest absolute Gasteiger partial charge is 0.444 e. The normalized spacial score (nSPS) is 27.1. The van der Waals surface area contributed by atoms with Crippen molar-refractivity contribution in [3.63, 3.8) is 0 Å². The van der Waals surface area contributed by atoms with Crippen LogP contribution in [0.15, 0.2) is 30.3 Å². The van der Waals surface area contributed by atoms with Crippen LogP contribution in [0.25, 0.3) is 0 Å². The third kappa shape index (κ3) is 3.31. The number of amides is 2. The lowest BCUT2D eigenvalue weighted by molar-refractivity contribution is -0.140. The van der Waals surface area contributed by atoms with Gasteiger partial charge >= 0.3 is 6.09 Å². The van der Waals surface area contributed by atoms with Crippen LogP contribution in [-0.2, 0) is 14.3 Å². The van der Waals surface area contributed by atoms with Crippen LogP contribution in [-0.4, -0.2) is 53.3 Å². The Morgan fingerprint density at radius 2 is 1.85 bits per heavy atom. The van der Waals surface area contributed by atoms with Crippen LogP contribution in [0.5, 0.6) is 0 Å². The number of likely N-dealkylation sites (tertiary alicyclic amines) is 1. The minimum atomic E-state index is -0.505. The third-order valence-corrected chi connectivity index (χ3v) is 5.90. The SMILES string of the molecule is CC(C)(C)OC(=O)N1CCC2(CC1)C[C@@H]1OC[C@@H](c3ccccc3)N1C2=O. The Morgan fingerprint density at radius 1 is 1.19 bits per heavy atom. The number of nitrogens with zero attached hydrogens (tertiary/aromatic N) is 2. The molecule has 0 saturated carbocycles. The number of fused-ring (bicyclic) bond motifs is 1. The maximum atomic E-state index is 13.4. The Labute approximate surface area is 160 Å². The number of piperidine rings is 1. The van der Waals surface area contributed by atoms with Gasteiger partial charge in [-0.1, -0.05) is 30.3 Å². The van der Waals surface area contributed by atoms with Crippen LogP contribution < -0.4 is 0 Å². The van der Waals surface area contributed by atoms with Gasteiger partial charge in [0.15, 0.2) is 0 Å². The summed E-state index contributed by atoms with van der Waals surface area (Å²) < 4.78 is 11.5. The Balaban J connectivity index is 1.45.